The molecule has 0 aliphatic carbocycles. The van der Waals surface area contributed by atoms with Gasteiger partial charge in [-0.15, -0.1) is 0 Å². The van der Waals surface area contributed by atoms with Crippen LogP contribution in [-0.2, 0) is 16.4 Å². The van der Waals surface area contributed by atoms with E-state index in [0.717, 1.165) is 20.9 Å². The Bertz CT molecular complexity index is 1300. The van der Waals surface area contributed by atoms with Gasteiger partial charge in [-0.3, -0.25) is 4.79 Å². The number of para-hydroxylation sites is 2. The monoisotopic (exact) mass is 448 g/mol. The van der Waals surface area contributed by atoms with Crippen molar-refractivity contribution in [2.75, 3.05) is 14.1 Å². The first-order chi connectivity index (χ1) is 15.3. The maximum atomic E-state index is 13.0. The van der Waals surface area contributed by atoms with Gasteiger partial charge in [0.15, 0.2) is 0 Å². The Kier molecular flexibility index (Phi) is 6.07. The Labute approximate surface area is 187 Å². The van der Waals surface area contributed by atoms with E-state index in [4.69, 9.17) is 0 Å². The van der Waals surface area contributed by atoms with Crippen LogP contribution < -0.4 is 5.32 Å². The van der Waals surface area contributed by atoms with Crippen molar-refractivity contribution < 1.29 is 13.2 Å². The van der Waals surface area contributed by atoms with Crippen LogP contribution in [0.5, 0.6) is 0 Å². The lowest BCUT2D eigenvalue weighted by atomic mass is 10.0. The van der Waals surface area contributed by atoms with Crippen LogP contribution in [0, 0.1) is 0 Å². The summed E-state index contributed by atoms with van der Waals surface area (Å²) < 4.78 is 25.7. The Morgan fingerprint density at radius 2 is 1.62 bits per heavy atom. The quantitative estimate of drug-likeness (QED) is 0.452. The third-order valence-electron chi connectivity index (χ3n) is 5.22. The molecular weight excluding hydrogens is 424 g/mol. The fourth-order valence-electron chi connectivity index (χ4n) is 3.43. The summed E-state index contributed by atoms with van der Waals surface area (Å²) in [4.78, 5) is 21.1. The molecule has 0 aliphatic rings. The van der Waals surface area contributed by atoms with Crippen molar-refractivity contribution in [1.29, 1.82) is 0 Å². The Morgan fingerprint density at radius 1 is 0.969 bits per heavy atom. The first kappa shape index (κ1) is 21.7. The molecule has 3 aromatic carbocycles. The molecule has 0 saturated carbocycles. The number of imidazole rings is 1. The SMILES string of the molecule is CN(C)S(=O)(=O)c1ccc(C(=O)NC(Cc2ccccc2)c2nc3ccccc3[nH]2)cc1. The molecule has 8 heteroatoms. The zero-order valence-electron chi connectivity index (χ0n) is 17.8. The van der Waals surface area contributed by atoms with Gasteiger partial charge in [-0.25, -0.2) is 17.7 Å². The van der Waals surface area contributed by atoms with E-state index in [-0.39, 0.29) is 16.8 Å². The van der Waals surface area contributed by atoms with Crippen molar-refractivity contribution in [1.82, 2.24) is 19.6 Å². The van der Waals surface area contributed by atoms with Gasteiger partial charge >= 0.3 is 0 Å². The highest BCUT2D eigenvalue weighted by Crippen LogP contribution is 2.21. The van der Waals surface area contributed by atoms with E-state index in [1.54, 1.807) is 0 Å². The number of carbonyl (C=O) groups is 1. The minimum atomic E-state index is -3.55. The summed E-state index contributed by atoms with van der Waals surface area (Å²) in [6.45, 7) is 0. The summed E-state index contributed by atoms with van der Waals surface area (Å²) in [5, 5.41) is 3.05. The Hall–Kier alpha value is -3.49. The number of H-pyrrole nitrogens is 1. The number of aromatic amines is 1. The number of carbonyl (C=O) groups excluding carboxylic acids is 1. The molecular formula is C24H24N4O3S. The van der Waals surface area contributed by atoms with Crippen LogP contribution in [0.2, 0.25) is 0 Å². The van der Waals surface area contributed by atoms with Gasteiger partial charge in [-0.05, 0) is 48.4 Å². The second-order valence-corrected chi connectivity index (χ2v) is 9.82. The van der Waals surface area contributed by atoms with Crippen molar-refractivity contribution in [3.8, 4) is 0 Å². The van der Waals surface area contributed by atoms with E-state index in [1.165, 1.54) is 38.4 Å². The average Bonchev–Trinajstić information content (AvgIpc) is 3.23. The van der Waals surface area contributed by atoms with Crippen LogP contribution in [0.3, 0.4) is 0 Å². The smallest absolute Gasteiger partial charge is 0.251 e. The number of sulfonamides is 1. The van der Waals surface area contributed by atoms with Crippen molar-refractivity contribution in [2.24, 2.45) is 0 Å². The highest BCUT2D eigenvalue weighted by Gasteiger charge is 2.21. The fourth-order valence-corrected chi connectivity index (χ4v) is 4.34. The molecule has 1 aromatic heterocycles. The van der Waals surface area contributed by atoms with Gasteiger partial charge in [0, 0.05) is 19.7 Å². The Balaban J connectivity index is 1.61. The zero-order chi connectivity index (χ0) is 22.7. The summed E-state index contributed by atoms with van der Waals surface area (Å²) in [5.41, 5.74) is 3.16. The number of amides is 1. The van der Waals surface area contributed by atoms with E-state index in [2.05, 4.69) is 15.3 Å². The Morgan fingerprint density at radius 3 is 2.28 bits per heavy atom. The van der Waals surface area contributed by atoms with Crippen LogP contribution in [0.25, 0.3) is 11.0 Å². The van der Waals surface area contributed by atoms with E-state index in [1.807, 2.05) is 54.6 Å². The zero-order valence-corrected chi connectivity index (χ0v) is 18.6. The molecule has 4 aromatic rings. The standard InChI is InChI=1S/C24H24N4O3S/c1-28(2)32(30,31)19-14-12-18(13-15-19)24(29)27-22(16-17-8-4-3-5-9-17)23-25-20-10-6-7-11-21(20)26-23/h3-15,22H,16H2,1-2H3,(H,25,26)(H,27,29). The molecule has 0 spiro atoms. The van der Waals surface area contributed by atoms with Crippen LogP contribution in [0.1, 0.15) is 27.8 Å². The molecule has 1 amide bonds. The predicted octanol–water partition coefficient (Wildman–Crippen LogP) is 3.53. The molecule has 164 valence electrons. The molecule has 0 saturated heterocycles. The molecule has 4 rings (SSSR count). The molecule has 2 N–H and O–H groups in total. The third-order valence-corrected chi connectivity index (χ3v) is 7.05. The van der Waals surface area contributed by atoms with Gasteiger partial charge in [-0.2, -0.15) is 0 Å². The highest BCUT2D eigenvalue weighted by molar-refractivity contribution is 7.89. The summed E-state index contributed by atoms with van der Waals surface area (Å²) >= 11 is 0. The number of nitrogens with zero attached hydrogens (tertiary/aromatic N) is 2. The average molecular weight is 449 g/mol. The first-order valence-electron chi connectivity index (χ1n) is 10.2. The normalized spacial score (nSPS) is 12.7. The number of hydrogen-bond acceptors (Lipinski definition) is 4. The molecule has 0 aliphatic heterocycles. The van der Waals surface area contributed by atoms with Crippen molar-refractivity contribution in [3.63, 3.8) is 0 Å². The van der Waals surface area contributed by atoms with Gasteiger partial charge < -0.3 is 10.3 Å². The minimum Gasteiger partial charge on any atom is -0.342 e. The number of rotatable bonds is 7. The molecule has 1 heterocycles. The summed E-state index contributed by atoms with van der Waals surface area (Å²) in [6.07, 6.45) is 0.555. The predicted molar refractivity (Wildman–Crippen MR) is 124 cm³/mol. The fraction of sp³-hybridized carbons (Fsp3) is 0.167. The third kappa shape index (κ3) is 4.56. The van der Waals surface area contributed by atoms with E-state index >= 15 is 0 Å². The molecule has 32 heavy (non-hydrogen) atoms. The molecule has 7 nitrogen and oxygen atoms in total. The number of benzene rings is 3. The first-order valence-corrected chi connectivity index (χ1v) is 11.6. The van der Waals surface area contributed by atoms with Crippen molar-refractivity contribution in [2.45, 2.75) is 17.4 Å². The van der Waals surface area contributed by atoms with Crippen LogP contribution in [0.4, 0.5) is 0 Å². The number of fused-ring (bicyclic) bond motifs is 1. The molecule has 0 bridgehead atoms. The van der Waals surface area contributed by atoms with Gasteiger partial charge in [0.2, 0.25) is 10.0 Å². The summed E-state index contributed by atoms with van der Waals surface area (Å²) in [6, 6.07) is 23.1. The molecule has 0 fully saturated rings. The van der Waals surface area contributed by atoms with E-state index in [9.17, 15) is 13.2 Å². The maximum Gasteiger partial charge on any atom is 0.251 e. The summed E-state index contributed by atoms with van der Waals surface area (Å²) in [7, 11) is -0.615. The van der Waals surface area contributed by atoms with Gasteiger partial charge in [-0.1, -0.05) is 42.5 Å². The van der Waals surface area contributed by atoms with Gasteiger partial charge in [0.05, 0.1) is 22.0 Å². The maximum absolute atomic E-state index is 13.0. The van der Waals surface area contributed by atoms with Crippen LogP contribution in [-0.4, -0.2) is 42.7 Å². The minimum absolute atomic E-state index is 0.136. The number of aromatic nitrogens is 2. The summed E-state index contributed by atoms with van der Waals surface area (Å²) in [5.74, 6) is 0.357. The van der Waals surface area contributed by atoms with Gasteiger partial charge in [0.25, 0.3) is 5.91 Å². The van der Waals surface area contributed by atoms with Crippen LogP contribution in [0.15, 0.2) is 83.8 Å². The number of nitrogens with one attached hydrogen (secondary N) is 2. The molecule has 0 radical (unpaired) electrons. The van der Waals surface area contributed by atoms with Crippen molar-refractivity contribution in [3.05, 3.63) is 95.8 Å². The lowest BCUT2D eigenvalue weighted by Gasteiger charge is -2.17. The topological polar surface area (TPSA) is 95.2 Å². The van der Waals surface area contributed by atoms with Gasteiger partial charge in [0.1, 0.15) is 5.82 Å². The lowest BCUT2D eigenvalue weighted by Crippen LogP contribution is -2.31. The number of hydrogen-bond donors (Lipinski definition) is 2. The molecule has 1 unspecified atom stereocenters. The van der Waals surface area contributed by atoms with Crippen molar-refractivity contribution >= 4 is 27.0 Å². The highest BCUT2D eigenvalue weighted by atomic mass is 32.2. The van der Waals surface area contributed by atoms with E-state index < -0.39 is 10.0 Å². The molecule has 1 atom stereocenters. The second kappa shape index (κ2) is 8.94. The van der Waals surface area contributed by atoms with E-state index in [0.29, 0.717) is 17.8 Å². The lowest BCUT2D eigenvalue weighted by molar-refractivity contribution is 0.0934. The largest absolute Gasteiger partial charge is 0.342 e. The van der Waals surface area contributed by atoms with Crippen LogP contribution >= 0.6 is 0 Å². The second-order valence-electron chi connectivity index (χ2n) is 7.67.